The summed E-state index contributed by atoms with van der Waals surface area (Å²) in [6.45, 7) is 5.62. The first kappa shape index (κ1) is 25.5. The standard InChI is InChI=1S/C27H43NO8/c1-7-28-12-24(13-32-3)9-8-18(34-5)26-16-10-15-17(33-4)11-25(30,19(16)20(15)36-14(2)29)27(31,23(26)28)22(35-6)21(24)26/h15-23,30-31H,7-13H2,1-6H3/t15-,16-,17+,18+,19-,20+,21-,22+,23?,24?,25?,26?,27?/m1/s1. The van der Waals surface area contributed by atoms with Crippen molar-refractivity contribution in [2.24, 2.45) is 34.5 Å². The molecule has 6 rings (SSSR count). The van der Waals surface area contributed by atoms with Crippen LogP contribution in [0.2, 0.25) is 0 Å². The van der Waals surface area contributed by atoms with Gasteiger partial charge in [0.05, 0.1) is 31.0 Å². The predicted octanol–water partition coefficient (Wildman–Crippen LogP) is 0.842. The minimum atomic E-state index is -1.59. The minimum Gasteiger partial charge on any atom is -0.462 e. The van der Waals surface area contributed by atoms with Gasteiger partial charge in [-0.1, -0.05) is 6.92 Å². The molecule has 5 unspecified atom stereocenters. The van der Waals surface area contributed by atoms with E-state index in [0.29, 0.717) is 6.61 Å². The van der Waals surface area contributed by atoms with Crippen molar-refractivity contribution in [2.75, 3.05) is 48.1 Å². The quantitative estimate of drug-likeness (QED) is 0.483. The van der Waals surface area contributed by atoms with Crippen molar-refractivity contribution in [3.8, 4) is 0 Å². The first-order valence-electron chi connectivity index (χ1n) is 13.6. The summed E-state index contributed by atoms with van der Waals surface area (Å²) < 4.78 is 30.5. The van der Waals surface area contributed by atoms with Gasteiger partial charge < -0.3 is 33.9 Å². The molecule has 204 valence electrons. The third-order valence-electron chi connectivity index (χ3n) is 11.8. The summed E-state index contributed by atoms with van der Waals surface area (Å²) in [5, 5.41) is 26.0. The number of likely N-dealkylation sites (tertiary alicyclic amines) is 1. The van der Waals surface area contributed by atoms with Gasteiger partial charge >= 0.3 is 5.97 Å². The van der Waals surface area contributed by atoms with Crippen LogP contribution >= 0.6 is 0 Å². The number of esters is 1. The van der Waals surface area contributed by atoms with Crippen LogP contribution < -0.4 is 0 Å². The molecule has 0 radical (unpaired) electrons. The van der Waals surface area contributed by atoms with Crippen LogP contribution in [0.15, 0.2) is 0 Å². The number of likely N-dealkylation sites (N-methyl/N-ethyl adjacent to an activating group) is 1. The highest BCUT2D eigenvalue weighted by Crippen LogP contribution is 2.80. The van der Waals surface area contributed by atoms with E-state index in [0.717, 1.165) is 32.4 Å². The molecular formula is C27H43NO8. The van der Waals surface area contributed by atoms with E-state index in [9.17, 15) is 15.0 Å². The number of methoxy groups -OCH3 is 4. The zero-order valence-corrected chi connectivity index (χ0v) is 22.4. The zero-order chi connectivity index (χ0) is 25.8. The monoisotopic (exact) mass is 509 g/mol. The Morgan fingerprint density at radius 2 is 1.86 bits per heavy atom. The molecule has 9 heteroatoms. The number of nitrogens with zero attached hydrogens (tertiary/aromatic N) is 1. The molecule has 1 spiro atoms. The molecule has 6 aliphatic rings. The number of piperidine rings is 1. The van der Waals surface area contributed by atoms with Crippen molar-refractivity contribution in [3.63, 3.8) is 0 Å². The second kappa shape index (κ2) is 8.10. The van der Waals surface area contributed by atoms with E-state index in [1.165, 1.54) is 6.92 Å². The topological polar surface area (TPSA) is 107 Å². The summed E-state index contributed by atoms with van der Waals surface area (Å²) in [7, 11) is 6.83. The fourth-order valence-corrected chi connectivity index (χ4v) is 11.3. The molecule has 0 aromatic rings. The first-order valence-corrected chi connectivity index (χ1v) is 13.6. The van der Waals surface area contributed by atoms with Crippen LogP contribution in [0, 0.1) is 34.5 Å². The Labute approximate surface area is 213 Å². The van der Waals surface area contributed by atoms with Gasteiger partial charge in [0, 0.05) is 76.9 Å². The van der Waals surface area contributed by atoms with Gasteiger partial charge in [-0.05, 0) is 31.7 Å². The normalized spacial score (nSPS) is 56.6. The Kier molecular flexibility index (Phi) is 5.73. The van der Waals surface area contributed by atoms with E-state index < -0.39 is 34.7 Å². The van der Waals surface area contributed by atoms with E-state index in [1.54, 1.807) is 28.4 Å². The highest BCUT2D eigenvalue weighted by Gasteiger charge is 2.91. The molecule has 5 aliphatic carbocycles. The summed E-state index contributed by atoms with van der Waals surface area (Å²) in [5.41, 5.74) is -3.87. The Balaban J connectivity index is 1.66. The van der Waals surface area contributed by atoms with Gasteiger partial charge in [0.1, 0.15) is 17.3 Å². The fraction of sp³-hybridized carbons (Fsp3) is 0.963. The number of rotatable bonds is 7. The molecular weight excluding hydrogens is 466 g/mol. The molecule has 2 N–H and O–H groups in total. The van der Waals surface area contributed by atoms with Gasteiger partial charge in [-0.3, -0.25) is 9.69 Å². The van der Waals surface area contributed by atoms with Crippen LogP contribution in [0.3, 0.4) is 0 Å². The first-order chi connectivity index (χ1) is 17.2. The molecule has 7 bridgehead atoms. The van der Waals surface area contributed by atoms with Crippen LogP contribution in [0.25, 0.3) is 0 Å². The van der Waals surface area contributed by atoms with Crippen molar-refractivity contribution in [2.45, 2.75) is 81.2 Å². The van der Waals surface area contributed by atoms with Crippen molar-refractivity contribution in [3.05, 3.63) is 0 Å². The van der Waals surface area contributed by atoms with E-state index >= 15 is 0 Å². The van der Waals surface area contributed by atoms with E-state index in [-0.39, 0.29) is 53.8 Å². The lowest BCUT2D eigenvalue weighted by Gasteiger charge is -2.70. The summed E-state index contributed by atoms with van der Waals surface area (Å²) >= 11 is 0. The zero-order valence-electron chi connectivity index (χ0n) is 22.4. The Hall–Kier alpha value is -0.810. The molecule has 13 atom stereocenters. The van der Waals surface area contributed by atoms with Gasteiger partial charge in [0.25, 0.3) is 0 Å². The molecule has 6 fully saturated rings. The van der Waals surface area contributed by atoms with E-state index in [2.05, 4.69) is 11.8 Å². The van der Waals surface area contributed by atoms with Crippen molar-refractivity contribution < 1.29 is 38.7 Å². The van der Waals surface area contributed by atoms with Gasteiger partial charge in [-0.15, -0.1) is 0 Å². The SMILES string of the molecule is CCN1CC2(COC)CC[C@H](OC)C34C1C(O)([C@@H](OC)[C@H]23)C1(O)C[C@H](OC)[C@H]2C[C@@H]4[C@@H]1[C@H]2OC(C)=O. The smallest absolute Gasteiger partial charge is 0.302 e. The Morgan fingerprint density at radius 1 is 1.11 bits per heavy atom. The van der Waals surface area contributed by atoms with Crippen LogP contribution in [-0.2, 0) is 28.5 Å². The lowest BCUT2D eigenvalue weighted by molar-refractivity contribution is -0.319. The summed E-state index contributed by atoms with van der Waals surface area (Å²) in [6, 6.07) is -0.348. The van der Waals surface area contributed by atoms with Crippen LogP contribution in [0.1, 0.15) is 39.5 Å². The number of ether oxygens (including phenoxy) is 5. The van der Waals surface area contributed by atoms with Crippen molar-refractivity contribution in [1.29, 1.82) is 0 Å². The number of carbonyl (C=O) groups is 1. The highest BCUT2D eigenvalue weighted by atomic mass is 16.6. The lowest BCUT2D eigenvalue weighted by Crippen LogP contribution is -2.82. The predicted molar refractivity (Wildman–Crippen MR) is 128 cm³/mol. The Bertz CT molecular complexity index is 918. The number of fused-ring (bicyclic) bond motifs is 2. The Morgan fingerprint density at radius 3 is 2.44 bits per heavy atom. The third kappa shape index (κ3) is 2.55. The van der Waals surface area contributed by atoms with Crippen LogP contribution in [0.5, 0.6) is 0 Å². The second-order valence-corrected chi connectivity index (χ2v) is 12.5. The number of carbonyl (C=O) groups excluding carboxylic acids is 1. The summed E-state index contributed by atoms with van der Waals surface area (Å²) in [6.07, 6.45) is 1.20. The molecule has 1 heterocycles. The van der Waals surface area contributed by atoms with E-state index in [4.69, 9.17) is 23.7 Å². The molecule has 0 aromatic heterocycles. The maximum absolute atomic E-state index is 13.1. The minimum absolute atomic E-state index is 0.0248. The van der Waals surface area contributed by atoms with Gasteiger partial charge in [0.15, 0.2) is 0 Å². The molecule has 1 aliphatic heterocycles. The van der Waals surface area contributed by atoms with E-state index in [1.807, 2.05) is 0 Å². The molecule has 0 aromatic carbocycles. The number of hydrogen-bond acceptors (Lipinski definition) is 9. The lowest BCUT2D eigenvalue weighted by atomic mass is 9.42. The average molecular weight is 510 g/mol. The second-order valence-electron chi connectivity index (χ2n) is 12.5. The molecule has 1 saturated heterocycles. The van der Waals surface area contributed by atoms with Crippen LogP contribution in [-0.4, -0.2) is 111 Å². The summed E-state index contributed by atoms with van der Waals surface area (Å²) in [4.78, 5) is 14.7. The van der Waals surface area contributed by atoms with Crippen molar-refractivity contribution in [1.82, 2.24) is 4.90 Å². The number of hydrogen-bond donors (Lipinski definition) is 2. The van der Waals surface area contributed by atoms with Crippen molar-refractivity contribution >= 4 is 5.97 Å². The molecule has 0 amide bonds. The molecule has 36 heavy (non-hydrogen) atoms. The molecule has 5 saturated carbocycles. The summed E-state index contributed by atoms with van der Waals surface area (Å²) in [5.74, 6) is -0.924. The highest BCUT2D eigenvalue weighted by molar-refractivity contribution is 5.66. The average Bonchev–Trinajstić information content (AvgIpc) is 3.23. The van der Waals surface area contributed by atoms with Gasteiger partial charge in [-0.2, -0.15) is 0 Å². The third-order valence-corrected chi connectivity index (χ3v) is 11.8. The van der Waals surface area contributed by atoms with Gasteiger partial charge in [0.2, 0.25) is 0 Å². The largest absolute Gasteiger partial charge is 0.462 e. The van der Waals surface area contributed by atoms with Crippen LogP contribution in [0.4, 0.5) is 0 Å². The maximum Gasteiger partial charge on any atom is 0.302 e. The van der Waals surface area contributed by atoms with Gasteiger partial charge in [-0.25, -0.2) is 0 Å². The maximum atomic E-state index is 13.1. The fourth-order valence-electron chi connectivity index (χ4n) is 11.3. The number of aliphatic hydroxyl groups is 2. The molecule has 9 nitrogen and oxygen atoms in total.